The zero-order valence-corrected chi connectivity index (χ0v) is 13.0. The topological polar surface area (TPSA) is 15.3 Å². The molecule has 1 aliphatic heterocycles. The lowest BCUT2D eigenvalue weighted by atomic mass is 9.86. The van der Waals surface area contributed by atoms with Gasteiger partial charge in [-0.3, -0.25) is 4.90 Å². The van der Waals surface area contributed by atoms with Gasteiger partial charge in [0.25, 0.3) is 0 Å². The molecule has 2 rings (SSSR count). The lowest BCUT2D eigenvalue weighted by Gasteiger charge is -2.46. The normalized spacial score (nSPS) is 19.0. The Morgan fingerprint density at radius 1 is 1.15 bits per heavy atom. The van der Waals surface area contributed by atoms with Gasteiger partial charge in [0.2, 0.25) is 0 Å². The number of nitrogens with zero attached hydrogens (tertiary/aromatic N) is 1. The van der Waals surface area contributed by atoms with Gasteiger partial charge in [-0.2, -0.15) is 0 Å². The molecule has 1 fully saturated rings. The van der Waals surface area contributed by atoms with E-state index in [0.717, 1.165) is 6.42 Å². The van der Waals surface area contributed by atoms with Crippen LogP contribution >= 0.6 is 0 Å². The second kappa shape index (κ2) is 6.68. The van der Waals surface area contributed by atoms with E-state index in [0.29, 0.717) is 6.04 Å². The lowest BCUT2D eigenvalue weighted by molar-refractivity contribution is 0.0635. The third-order valence-electron chi connectivity index (χ3n) is 4.73. The highest BCUT2D eigenvalue weighted by Crippen LogP contribution is 2.25. The molecule has 2 nitrogen and oxygen atoms in total. The maximum absolute atomic E-state index is 13.0. The van der Waals surface area contributed by atoms with E-state index < -0.39 is 0 Å². The second-order valence-corrected chi connectivity index (χ2v) is 6.37. The molecule has 0 bridgehead atoms. The molecule has 112 valence electrons. The largest absolute Gasteiger partial charge is 0.315 e. The van der Waals surface area contributed by atoms with Crippen molar-refractivity contribution >= 4 is 0 Å². The Bertz CT molecular complexity index is 408. The first-order chi connectivity index (χ1) is 9.54. The molecule has 1 N–H and O–H groups in total. The van der Waals surface area contributed by atoms with Gasteiger partial charge in [0.05, 0.1) is 0 Å². The Kier molecular flexibility index (Phi) is 5.17. The van der Waals surface area contributed by atoms with Gasteiger partial charge in [0.15, 0.2) is 0 Å². The summed E-state index contributed by atoms with van der Waals surface area (Å²) in [6, 6.07) is 7.26. The van der Waals surface area contributed by atoms with Crippen LogP contribution in [-0.4, -0.2) is 36.6 Å². The Labute approximate surface area is 122 Å². The van der Waals surface area contributed by atoms with E-state index in [-0.39, 0.29) is 11.4 Å². The molecule has 3 heteroatoms. The van der Waals surface area contributed by atoms with Gasteiger partial charge in [0, 0.05) is 11.6 Å². The highest BCUT2D eigenvalue weighted by atomic mass is 19.1. The molecular weight excluding hydrogens is 251 g/mol. The molecule has 20 heavy (non-hydrogen) atoms. The molecule has 1 heterocycles. The molecular formula is C17H27FN2. The minimum Gasteiger partial charge on any atom is -0.315 e. The molecule has 1 saturated heterocycles. The van der Waals surface area contributed by atoms with Crippen LogP contribution in [0.3, 0.4) is 0 Å². The first-order valence-corrected chi connectivity index (χ1v) is 7.71. The van der Waals surface area contributed by atoms with Gasteiger partial charge in [-0.25, -0.2) is 4.39 Å². The van der Waals surface area contributed by atoms with E-state index in [9.17, 15) is 4.39 Å². The highest BCUT2D eigenvalue weighted by molar-refractivity contribution is 5.18. The molecule has 0 aromatic heterocycles. The number of benzene rings is 1. The summed E-state index contributed by atoms with van der Waals surface area (Å²) in [4.78, 5) is 2.60. The number of piperidine rings is 1. The molecule has 1 atom stereocenters. The fraction of sp³-hybridized carbons (Fsp3) is 0.647. The van der Waals surface area contributed by atoms with Crippen LogP contribution in [0.4, 0.5) is 4.39 Å². The van der Waals surface area contributed by atoms with E-state index in [1.165, 1.54) is 37.9 Å². The van der Waals surface area contributed by atoms with E-state index >= 15 is 0 Å². The smallest absolute Gasteiger partial charge is 0.123 e. The van der Waals surface area contributed by atoms with Crippen LogP contribution in [0.1, 0.15) is 38.7 Å². The fourth-order valence-corrected chi connectivity index (χ4v) is 3.25. The summed E-state index contributed by atoms with van der Waals surface area (Å²) in [5.41, 5.74) is 1.31. The molecule has 0 radical (unpaired) electrons. The molecule has 1 aliphatic rings. The number of hydrogen-bond acceptors (Lipinski definition) is 2. The van der Waals surface area contributed by atoms with Crippen LogP contribution in [0.5, 0.6) is 0 Å². The third-order valence-corrected chi connectivity index (χ3v) is 4.73. The SMILES string of the molecule is CNC(Cc1ccc(F)cc1)C(C)(C)N1CCCCC1. The van der Waals surface area contributed by atoms with Crippen molar-refractivity contribution in [3.8, 4) is 0 Å². The van der Waals surface area contributed by atoms with Gasteiger partial charge >= 0.3 is 0 Å². The average Bonchev–Trinajstić information content (AvgIpc) is 2.47. The van der Waals surface area contributed by atoms with Crippen molar-refractivity contribution in [1.29, 1.82) is 0 Å². The predicted molar refractivity (Wildman–Crippen MR) is 82.5 cm³/mol. The Hall–Kier alpha value is -0.930. The maximum atomic E-state index is 13.0. The molecule has 0 saturated carbocycles. The number of likely N-dealkylation sites (tertiary alicyclic amines) is 1. The first-order valence-electron chi connectivity index (χ1n) is 7.71. The summed E-state index contributed by atoms with van der Waals surface area (Å²) in [5.74, 6) is -0.162. The van der Waals surface area contributed by atoms with E-state index in [1.807, 2.05) is 19.2 Å². The second-order valence-electron chi connectivity index (χ2n) is 6.37. The van der Waals surface area contributed by atoms with E-state index in [2.05, 4.69) is 24.1 Å². The van der Waals surface area contributed by atoms with Gasteiger partial charge in [-0.05, 0) is 70.9 Å². The summed E-state index contributed by atoms with van der Waals surface area (Å²) < 4.78 is 13.0. The van der Waals surface area contributed by atoms with Crippen LogP contribution in [0.2, 0.25) is 0 Å². The van der Waals surface area contributed by atoms with Crippen molar-refractivity contribution in [1.82, 2.24) is 10.2 Å². The highest BCUT2D eigenvalue weighted by Gasteiger charge is 2.35. The summed E-state index contributed by atoms with van der Waals surface area (Å²) in [6.45, 7) is 7.02. The van der Waals surface area contributed by atoms with Crippen molar-refractivity contribution in [3.05, 3.63) is 35.6 Å². The number of halogens is 1. The van der Waals surface area contributed by atoms with E-state index in [4.69, 9.17) is 0 Å². The number of hydrogen-bond donors (Lipinski definition) is 1. The quantitative estimate of drug-likeness (QED) is 0.889. The standard InChI is InChI=1S/C17H27FN2/c1-17(2,20-11-5-4-6-12-20)16(19-3)13-14-7-9-15(18)10-8-14/h7-10,16,19H,4-6,11-13H2,1-3H3. The van der Waals surface area contributed by atoms with Crippen molar-refractivity contribution < 1.29 is 4.39 Å². The monoisotopic (exact) mass is 278 g/mol. The Balaban J connectivity index is 2.07. The zero-order valence-electron chi connectivity index (χ0n) is 13.0. The zero-order chi connectivity index (χ0) is 14.6. The average molecular weight is 278 g/mol. The number of likely N-dealkylation sites (N-methyl/N-ethyl adjacent to an activating group) is 1. The summed E-state index contributed by atoms with van der Waals surface area (Å²) >= 11 is 0. The van der Waals surface area contributed by atoms with Gasteiger partial charge in [-0.15, -0.1) is 0 Å². The lowest BCUT2D eigenvalue weighted by Crippen LogP contribution is -2.59. The van der Waals surface area contributed by atoms with Crippen LogP contribution in [0.15, 0.2) is 24.3 Å². The minimum atomic E-state index is -0.162. The van der Waals surface area contributed by atoms with Gasteiger partial charge < -0.3 is 5.32 Å². The summed E-state index contributed by atoms with van der Waals surface area (Å²) in [5, 5.41) is 3.47. The fourth-order valence-electron chi connectivity index (χ4n) is 3.25. The van der Waals surface area contributed by atoms with Crippen molar-refractivity contribution in [2.75, 3.05) is 20.1 Å². The molecule has 0 spiro atoms. The van der Waals surface area contributed by atoms with Crippen LogP contribution in [0, 0.1) is 5.82 Å². The molecule has 1 unspecified atom stereocenters. The van der Waals surface area contributed by atoms with Crippen LogP contribution in [0.25, 0.3) is 0 Å². The molecule has 1 aromatic rings. The Morgan fingerprint density at radius 2 is 1.75 bits per heavy atom. The Morgan fingerprint density at radius 3 is 2.30 bits per heavy atom. The molecule has 0 aliphatic carbocycles. The molecule has 0 amide bonds. The van der Waals surface area contributed by atoms with Gasteiger partial charge in [0.1, 0.15) is 5.82 Å². The van der Waals surface area contributed by atoms with Crippen molar-refractivity contribution in [2.45, 2.75) is 51.1 Å². The summed E-state index contributed by atoms with van der Waals surface area (Å²) in [6.07, 6.45) is 4.89. The van der Waals surface area contributed by atoms with Crippen LogP contribution in [-0.2, 0) is 6.42 Å². The van der Waals surface area contributed by atoms with Crippen molar-refractivity contribution in [3.63, 3.8) is 0 Å². The maximum Gasteiger partial charge on any atom is 0.123 e. The minimum absolute atomic E-state index is 0.115. The first kappa shape index (κ1) is 15.5. The number of rotatable bonds is 5. The predicted octanol–water partition coefficient (Wildman–Crippen LogP) is 3.22. The van der Waals surface area contributed by atoms with Crippen molar-refractivity contribution in [2.24, 2.45) is 0 Å². The molecule has 1 aromatic carbocycles. The third kappa shape index (κ3) is 3.58. The number of nitrogens with one attached hydrogen (secondary N) is 1. The summed E-state index contributed by atoms with van der Waals surface area (Å²) in [7, 11) is 2.03. The van der Waals surface area contributed by atoms with Crippen LogP contribution < -0.4 is 5.32 Å². The van der Waals surface area contributed by atoms with Gasteiger partial charge in [-0.1, -0.05) is 18.6 Å². The van der Waals surface area contributed by atoms with E-state index in [1.54, 1.807) is 12.1 Å².